The third-order valence-electron chi connectivity index (χ3n) is 2.54. The van der Waals surface area contributed by atoms with Crippen LogP contribution in [0.15, 0.2) is 36.4 Å². The maximum Gasteiger partial charge on any atom is 0.144 e. The standard InChI is InChI=1S/C14H11FN2O/c1-9-6-11(4-5-14(9)17)18-12-3-2-10(8-16)13(15)7-12/h2-7H,17H2,1H3. The third-order valence-corrected chi connectivity index (χ3v) is 2.54. The Labute approximate surface area is 104 Å². The van der Waals surface area contributed by atoms with Crippen molar-refractivity contribution in [3.05, 3.63) is 53.3 Å². The van der Waals surface area contributed by atoms with E-state index in [2.05, 4.69) is 0 Å². The van der Waals surface area contributed by atoms with Crippen molar-refractivity contribution in [1.82, 2.24) is 0 Å². The van der Waals surface area contributed by atoms with E-state index < -0.39 is 5.82 Å². The number of nitrogens with two attached hydrogens (primary N) is 1. The summed E-state index contributed by atoms with van der Waals surface area (Å²) in [6, 6.07) is 11.1. The van der Waals surface area contributed by atoms with Crippen molar-refractivity contribution in [2.24, 2.45) is 0 Å². The zero-order chi connectivity index (χ0) is 13.1. The predicted octanol–water partition coefficient (Wildman–Crippen LogP) is 3.38. The minimum atomic E-state index is -0.595. The molecule has 0 spiro atoms. The van der Waals surface area contributed by atoms with E-state index in [-0.39, 0.29) is 5.56 Å². The Balaban J connectivity index is 2.26. The molecule has 3 nitrogen and oxygen atoms in total. The summed E-state index contributed by atoms with van der Waals surface area (Å²) in [7, 11) is 0. The van der Waals surface area contributed by atoms with Crippen molar-refractivity contribution < 1.29 is 9.13 Å². The van der Waals surface area contributed by atoms with Crippen molar-refractivity contribution in [1.29, 1.82) is 5.26 Å². The summed E-state index contributed by atoms with van der Waals surface area (Å²) in [5.41, 5.74) is 7.25. The third kappa shape index (κ3) is 2.41. The first-order chi connectivity index (χ1) is 8.60. The van der Waals surface area contributed by atoms with E-state index in [1.54, 1.807) is 30.3 Å². The molecule has 0 aliphatic rings. The van der Waals surface area contributed by atoms with E-state index in [0.717, 1.165) is 5.56 Å². The first-order valence-corrected chi connectivity index (χ1v) is 5.34. The molecular formula is C14H11FN2O. The zero-order valence-electron chi connectivity index (χ0n) is 9.77. The van der Waals surface area contributed by atoms with Crippen LogP contribution in [0, 0.1) is 24.1 Å². The fraction of sp³-hybridized carbons (Fsp3) is 0.0714. The van der Waals surface area contributed by atoms with Gasteiger partial charge in [-0.05, 0) is 42.8 Å². The van der Waals surface area contributed by atoms with Gasteiger partial charge in [-0.15, -0.1) is 0 Å². The molecule has 2 N–H and O–H groups in total. The minimum absolute atomic E-state index is 0.00385. The normalized spacial score (nSPS) is 9.83. The van der Waals surface area contributed by atoms with E-state index >= 15 is 0 Å². The summed E-state index contributed by atoms with van der Waals surface area (Å²) in [5, 5.41) is 8.62. The molecule has 0 aliphatic carbocycles. The Kier molecular flexibility index (Phi) is 3.16. The lowest BCUT2D eigenvalue weighted by Crippen LogP contribution is -1.91. The van der Waals surface area contributed by atoms with Gasteiger partial charge in [-0.1, -0.05) is 0 Å². The van der Waals surface area contributed by atoms with Gasteiger partial charge >= 0.3 is 0 Å². The van der Waals surface area contributed by atoms with Gasteiger partial charge < -0.3 is 10.5 Å². The van der Waals surface area contributed by atoms with E-state index in [1.165, 1.54) is 12.1 Å². The molecule has 2 rings (SSSR count). The van der Waals surface area contributed by atoms with Crippen LogP contribution < -0.4 is 10.5 Å². The van der Waals surface area contributed by atoms with Crippen molar-refractivity contribution in [3.63, 3.8) is 0 Å². The minimum Gasteiger partial charge on any atom is -0.457 e. The van der Waals surface area contributed by atoms with Gasteiger partial charge in [-0.25, -0.2) is 4.39 Å². The molecule has 2 aromatic carbocycles. The summed E-state index contributed by atoms with van der Waals surface area (Å²) in [4.78, 5) is 0. The summed E-state index contributed by atoms with van der Waals surface area (Å²) < 4.78 is 18.9. The fourth-order valence-corrected chi connectivity index (χ4v) is 1.50. The van der Waals surface area contributed by atoms with Gasteiger partial charge in [0.2, 0.25) is 0 Å². The zero-order valence-corrected chi connectivity index (χ0v) is 9.77. The van der Waals surface area contributed by atoms with Gasteiger partial charge in [-0.3, -0.25) is 0 Å². The largest absolute Gasteiger partial charge is 0.457 e. The SMILES string of the molecule is Cc1cc(Oc2ccc(C#N)c(F)c2)ccc1N. The van der Waals surface area contributed by atoms with E-state index in [1.807, 2.05) is 6.92 Å². The molecule has 0 aliphatic heterocycles. The quantitative estimate of drug-likeness (QED) is 0.821. The van der Waals surface area contributed by atoms with Gasteiger partial charge in [0.05, 0.1) is 5.56 Å². The van der Waals surface area contributed by atoms with Crippen molar-refractivity contribution in [2.45, 2.75) is 6.92 Å². The highest BCUT2D eigenvalue weighted by molar-refractivity contribution is 5.50. The summed E-state index contributed by atoms with van der Waals surface area (Å²) in [5.74, 6) is 0.323. The molecule has 0 radical (unpaired) electrons. The van der Waals surface area contributed by atoms with Gasteiger partial charge in [0.1, 0.15) is 23.4 Å². The summed E-state index contributed by atoms with van der Waals surface area (Å²) in [6.45, 7) is 1.86. The number of benzene rings is 2. The lowest BCUT2D eigenvalue weighted by Gasteiger charge is -2.08. The number of anilines is 1. The highest BCUT2D eigenvalue weighted by atomic mass is 19.1. The topological polar surface area (TPSA) is 59.0 Å². The number of aryl methyl sites for hydroxylation is 1. The number of nitriles is 1. The molecule has 0 unspecified atom stereocenters. The Bertz CT molecular complexity index is 632. The lowest BCUT2D eigenvalue weighted by molar-refractivity contribution is 0.476. The molecule has 0 aromatic heterocycles. The molecule has 0 saturated heterocycles. The van der Waals surface area contributed by atoms with Crippen molar-refractivity contribution >= 4 is 5.69 Å². The first kappa shape index (κ1) is 11.9. The number of hydrogen-bond donors (Lipinski definition) is 1. The Morgan fingerprint density at radius 2 is 1.83 bits per heavy atom. The number of halogens is 1. The molecule has 0 amide bonds. The maximum absolute atomic E-state index is 13.4. The van der Waals surface area contributed by atoms with Crippen LogP contribution in [-0.2, 0) is 0 Å². The van der Waals surface area contributed by atoms with Crippen LogP contribution in [0.3, 0.4) is 0 Å². The predicted molar refractivity (Wildman–Crippen MR) is 66.8 cm³/mol. The molecule has 90 valence electrons. The molecule has 0 fully saturated rings. The molecule has 2 aromatic rings. The van der Waals surface area contributed by atoms with E-state index in [0.29, 0.717) is 17.2 Å². The van der Waals surface area contributed by atoms with Crippen LogP contribution in [-0.4, -0.2) is 0 Å². The monoisotopic (exact) mass is 242 g/mol. The maximum atomic E-state index is 13.4. The van der Waals surface area contributed by atoms with Gasteiger partial charge in [0.15, 0.2) is 0 Å². The molecular weight excluding hydrogens is 231 g/mol. The average Bonchev–Trinajstić information content (AvgIpc) is 2.34. The second-order valence-electron chi connectivity index (χ2n) is 3.87. The summed E-state index contributed by atoms with van der Waals surface area (Å²) in [6.07, 6.45) is 0. The molecule has 4 heteroatoms. The average molecular weight is 242 g/mol. The molecule has 0 heterocycles. The van der Waals surface area contributed by atoms with E-state index in [4.69, 9.17) is 15.7 Å². The highest BCUT2D eigenvalue weighted by Crippen LogP contribution is 2.25. The van der Waals surface area contributed by atoms with Crippen molar-refractivity contribution in [2.75, 3.05) is 5.73 Å². The molecule has 0 saturated carbocycles. The molecule has 18 heavy (non-hydrogen) atoms. The smallest absolute Gasteiger partial charge is 0.144 e. The van der Waals surface area contributed by atoms with Gasteiger partial charge in [-0.2, -0.15) is 5.26 Å². The van der Waals surface area contributed by atoms with E-state index in [9.17, 15) is 4.39 Å². The number of ether oxygens (including phenoxy) is 1. The second-order valence-corrected chi connectivity index (χ2v) is 3.87. The second kappa shape index (κ2) is 4.76. The van der Waals surface area contributed by atoms with Crippen LogP contribution in [0.1, 0.15) is 11.1 Å². The number of nitrogen functional groups attached to an aromatic ring is 1. The highest BCUT2D eigenvalue weighted by Gasteiger charge is 2.05. The molecule has 0 bridgehead atoms. The fourth-order valence-electron chi connectivity index (χ4n) is 1.50. The first-order valence-electron chi connectivity index (χ1n) is 5.34. The number of nitrogens with zero attached hydrogens (tertiary/aromatic N) is 1. The van der Waals surface area contributed by atoms with Gasteiger partial charge in [0.25, 0.3) is 0 Å². The molecule has 0 atom stereocenters. The van der Waals surface area contributed by atoms with Crippen LogP contribution in [0.2, 0.25) is 0 Å². The van der Waals surface area contributed by atoms with Crippen LogP contribution >= 0.6 is 0 Å². The Hall–Kier alpha value is -2.54. The number of hydrogen-bond acceptors (Lipinski definition) is 3. The van der Waals surface area contributed by atoms with Crippen LogP contribution in [0.5, 0.6) is 11.5 Å². The summed E-state index contributed by atoms with van der Waals surface area (Å²) >= 11 is 0. The van der Waals surface area contributed by atoms with Crippen LogP contribution in [0.4, 0.5) is 10.1 Å². The Morgan fingerprint density at radius 1 is 1.17 bits per heavy atom. The van der Waals surface area contributed by atoms with Crippen molar-refractivity contribution in [3.8, 4) is 17.6 Å². The Morgan fingerprint density at radius 3 is 2.44 bits per heavy atom. The number of rotatable bonds is 2. The lowest BCUT2D eigenvalue weighted by atomic mass is 10.2. The van der Waals surface area contributed by atoms with Crippen LogP contribution in [0.25, 0.3) is 0 Å². The van der Waals surface area contributed by atoms with Gasteiger partial charge in [0, 0.05) is 11.8 Å².